The monoisotopic (exact) mass is 434 g/mol. The molecule has 0 amide bonds. The van der Waals surface area contributed by atoms with Gasteiger partial charge >= 0.3 is 0 Å². The lowest BCUT2D eigenvalue weighted by molar-refractivity contribution is 0.577. The Balaban J connectivity index is 2.52. The summed E-state index contributed by atoms with van der Waals surface area (Å²) in [6.07, 6.45) is 5.31. The van der Waals surface area contributed by atoms with E-state index in [9.17, 15) is 3.89 Å². The molecular weight excluding hydrogens is 403 g/mol. The molecule has 158 valence electrons. The molecule has 0 N–H and O–H groups in total. The number of rotatable bonds is 12. The van der Waals surface area contributed by atoms with Crippen LogP contribution in [0.4, 0.5) is 9.70 Å². The van der Waals surface area contributed by atoms with Crippen LogP contribution in [0.2, 0.25) is 0 Å². The fourth-order valence-electron chi connectivity index (χ4n) is 2.90. The molecule has 1 heterocycles. The maximum absolute atomic E-state index is 13.1. The smallest absolute Gasteiger partial charge is 0.171 e. The van der Waals surface area contributed by atoms with E-state index in [-0.39, 0.29) is 12.1 Å². The van der Waals surface area contributed by atoms with Gasteiger partial charge in [-0.25, -0.2) is 4.98 Å². The van der Waals surface area contributed by atoms with Gasteiger partial charge in [0, 0.05) is 31.8 Å². The number of benzene rings is 1. The van der Waals surface area contributed by atoms with E-state index in [2.05, 4.69) is 24.6 Å². The molecule has 0 atom stereocenters. The molecule has 29 heavy (non-hydrogen) atoms. The predicted octanol–water partition coefficient (Wildman–Crippen LogP) is 6.30. The minimum atomic E-state index is 0.269. The minimum Gasteiger partial charge on any atom is -0.376 e. The Bertz CT molecular complexity index is 832. The van der Waals surface area contributed by atoms with Crippen LogP contribution < -0.4 is 4.90 Å². The summed E-state index contributed by atoms with van der Waals surface area (Å²) in [6, 6.07) is 7.57. The number of halogens is 1. The quantitative estimate of drug-likeness (QED) is 0.288. The summed E-state index contributed by atoms with van der Waals surface area (Å²) in [6.45, 7) is 11.0. The molecule has 2 aromatic rings. The number of unbranched alkanes of at least 4 members (excludes halogenated alkanes) is 2. The third-order valence-corrected chi connectivity index (χ3v) is 6.14. The molecule has 1 aromatic heterocycles. The number of hydrogen-bond donors (Lipinski definition) is 0. The predicted molar refractivity (Wildman–Crippen MR) is 126 cm³/mol. The number of aromatic nitrogens is 2. The Morgan fingerprint density at radius 3 is 2.66 bits per heavy atom. The third-order valence-electron chi connectivity index (χ3n) is 4.64. The standard InChI is InChI=1S/C22H31FN4S2/c1-7-9-10-14-28-22-24-21(26(6)8-2)20(17(3)25(4)5)27(22)16-18-12-11-13-19(15-18)29-23/h8,11-13,15H,2-3,7,9-10,14,16H2,1,4-6H3. The van der Waals surface area contributed by atoms with Crippen molar-refractivity contribution in [3.8, 4) is 0 Å². The first kappa shape index (κ1) is 23.4. The van der Waals surface area contributed by atoms with Crippen LogP contribution in [0.5, 0.6) is 0 Å². The highest BCUT2D eigenvalue weighted by atomic mass is 32.2. The van der Waals surface area contributed by atoms with Crippen molar-refractivity contribution in [3.63, 3.8) is 0 Å². The Kier molecular flexibility index (Phi) is 9.17. The van der Waals surface area contributed by atoms with E-state index in [1.807, 2.05) is 49.1 Å². The molecule has 0 radical (unpaired) electrons. The van der Waals surface area contributed by atoms with Crippen molar-refractivity contribution in [2.75, 3.05) is 31.8 Å². The fourth-order valence-corrected chi connectivity index (χ4v) is 4.22. The molecule has 0 unspecified atom stereocenters. The van der Waals surface area contributed by atoms with Crippen molar-refractivity contribution in [3.05, 3.63) is 54.9 Å². The Labute approximate surface area is 183 Å². The highest BCUT2D eigenvalue weighted by molar-refractivity contribution is 7.99. The van der Waals surface area contributed by atoms with Crippen LogP contribution in [0, 0.1) is 0 Å². The van der Waals surface area contributed by atoms with Crippen LogP contribution in [-0.2, 0) is 6.54 Å². The zero-order valence-electron chi connectivity index (χ0n) is 17.8. The van der Waals surface area contributed by atoms with Gasteiger partial charge in [0.1, 0.15) is 5.69 Å². The first-order chi connectivity index (χ1) is 13.9. The van der Waals surface area contributed by atoms with Crippen molar-refractivity contribution in [1.29, 1.82) is 0 Å². The first-order valence-corrected chi connectivity index (χ1v) is 11.5. The second kappa shape index (κ2) is 11.4. The molecule has 0 aliphatic rings. The average Bonchev–Trinajstić information content (AvgIpc) is 3.08. The largest absolute Gasteiger partial charge is 0.376 e. The number of anilines is 1. The van der Waals surface area contributed by atoms with Gasteiger partial charge in [0.15, 0.2) is 11.0 Å². The molecule has 0 fully saturated rings. The second-order valence-electron chi connectivity index (χ2n) is 7.07. The van der Waals surface area contributed by atoms with E-state index in [4.69, 9.17) is 4.98 Å². The van der Waals surface area contributed by atoms with E-state index in [1.54, 1.807) is 24.0 Å². The van der Waals surface area contributed by atoms with Gasteiger partial charge in [0.05, 0.1) is 24.4 Å². The third kappa shape index (κ3) is 6.06. The van der Waals surface area contributed by atoms with Crippen LogP contribution >= 0.6 is 23.9 Å². The summed E-state index contributed by atoms with van der Waals surface area (Å²) in [4.78, 5) is 9.46. The van der Waals surface area contributed by atoms with Gasteiger partial charge in [0.25, 0.3) is 0 Å². The summed E-state index contributed by atoms with van der Waals surface area (Å²) >= 11 is 2.03. The molecule has 0 saturated heterocycles. The summed E-state index contributed by atoms with van der Waals surface area (Å²) in [7, 11) is 5.90. The molecule has 0 saturated carbocycles. The second-order valence-corrected chi connectivity index (χ2v) is 8.76. The number of nitrogens with zero attached hydrogens (tertiary/aromatic N) is 4. The lowest BCUT2D eigenvalue weighted by Crippen LogP contribution is -2.17. The van der Waals surface area contributed by atoms with Gasteiger partial charge < -0.3 is 14.4 Å². The normalized spacial score (nSPS) is 10.8. The van der Waals surface area contributed by atoms with Crippen LogP contribution in [0.15, 0.2) is 53.7 Å². The van der Waals surface area contributed by atoms with Crippen molar-refractivity contribution >= 4 is 35.4 Å². The van der Waals surface area contributed by atoms with E-state index in [1.165, 1.54) is 12.8 Å². The molecule has 7 heteroatoms. The minimum absolute atomic E-state index is 0.269. The van der Waals surface area contributed by atoms with Crippen molar-refractivity contribution in [1.82, 2.24) is 14.5 Å². The van der Waals surface area contributed by atoms with Crippen molar-refractivity contribution in [2.24, 2.45) is 0 Å². The first-order valence-electron chi connectivity index (χ1n) is 9.75. The molecule has 0 bridgehead atoms. The van der Waals surface area contributed by atoms with Gasteiger partial charge in [-0.3, -0.25) is 0 Å². The highest BCUT2D eigenvalue weighted by Gasteiger charge is 2.23. The van der Waals surface area contributed by atoms with Crippen LogP contribution in [-0.4, -0.2) is 41.3 Å². The van der Waals surface area contributed by atoms with Gasteiger partial charge in [-0.2, -0.15) is 3.89 Å². The average molecular weight is 435 g/mol. The Morgan fingerprint density at radius 1 is 1.28 bits per heavy atom. The van der Waals surface area contributed by atoms with Crippen LogP contribution in [0.3, 0.4) is 0 Å². The lowest BCUT2D eigenvalue weighted by Gasteiger charge is -2.22. The Hall–Kier alpha value is -1.86. The molecule has 2 rings (SSSR count). The van der Waals surface area contributed by atoms with E-state index in [0.29, 0.717) is 11.4 Å². The summed E-state index contributed by atoms with van der Waals surface area (Å²) in [5.41, 5.74) is 2.85. The van der Waals surface area contributed by atoms with Gasteiger partial charge in [-0.15, -0.1) is 0 Å². The maximum atomic E-state index is 13.1. The molecular formula is C22H31FN4S2. The van der Waals surface area contributed by atoms with Gasteiger partial charge in [-0.05, 0) is 30.3 Å². The van der Waals surface area contributed by atoms with Gasteiger partial charge in [0.2, 0.25) is 0 Å². The molecule has 1 aromatic carbocycles. The zero-order chi connectivity index (χ0) is 21.4. The zero-order valence-corrected chi connectivity index (χ0v) is 19.5. The summed E-state index contributed by atoms with van der Waals surface area (Å²) in [5, 5.41) is 0.945. The van der Waals surface area contributed by atoms with Crippen molar-refractivity contribution < 1.29 is 3.89 Å². The molecule has 0 aliphatic carbocycles. The fraction of sp³-hybridized carbons (Fsp3) is 0.409. The molecule has 0 aliphatic heterocycles. The number of thioether (sulfide) groups is 1. The molecule has 0 spiro atoms. The van der Waals surface area contributed by atoms with Gasteiger partial charge in [-0.1, -0.05) is 56.8 Å². The van der Waals surface area contributed by atoms with E-state index in [0.717, 1.165) is 40.1 Å². The molecule has 4 nitrogen and oxygen atoms in total. The van der Waals surface area contributed by atoms with Crippen LogP contribution in [0.1, 0.15) is 37.4 Å². The highest BCUT2D eigenvalue weighted by Crippen LogP contribution is 2.34. The number of imidazole rings is 1. The van der Waals surface area contributed by atoms with Crippen molar-refractivity contribution in [2.45, 2.75) is 42.8 Å². The topological polar surface area (TPSA) is 24.3 Å². The lowest BCUT2D eigenvalue weighted by atomic mass is 10.2. The Morgan fingerprint density at radius 2 is 2.03 bits per heavy atom. The van der Waals surface area contributed by atoms with E-state index < -0.39 is 0 Å². The van der Waals surface area contributed by atoms with E-state index >= 15 is 0 Å². The number of hydrogen-bond acceptors (Lipinski definition) is 5. The summed E-state index contributed by atoms with van der Waals surface area (Å²) < 4.78 is 15.3. The maximum Gasteiger partial charge on any atom is 0.171 e. The SMILES string of the molecule is C=CN(C)c1nc(SCCCCC)n(Cc2cccc(SF)c2)c1C(=C)N(C)C. The van der Waals surface area contributed by atoms with Crippen LogP contribution in [0.25, 0.3) is 5.70 Å². The summed E-state index contributed by atoms with van der Waals surface area (Å²) in [5.74, 6) is 1.84.